The van der Waals surface area contributed by atoms with Gasteiger partial charge < -0.3 is 4.90 Å². The highest BCUT2D eigenvalue weighted by molar-refractivity contribution is 7.99. The number of hydrogen-bond donors (Lipinski definition) is 0. The fraction of sp³-hybridized carbons (Fsp3) is 0.208. The molecule has 0 aliphatic rings. The molecule has 0 bridgehead atoms. The van der Waals surface area contributed by atoms with Crippen LogP contribution in [0.3, 0.4) is 0 Å². The summed E-state index contributed by atoms with van der Waals surface area (Å²) >= 11 is 1.29. The van der Waals surface area contributed by atoms with Gasteiger partial charge in [-0.3, -0.25) is 14.2 Å². The molecule has 1 amide bonds. The molecule has 4 rings (SSSR count). The molecule has 4 aromatic rings. The molecule has 152 valence electrons. The summed E-state index contributed by atoms with van der Waals surface area (Å²) in [6.07, 6.45) is 0. The lowest BCUT2D eigenvalue weighted by atomic mass is 10.1. The standard InChI is InChI=1S/C24H23N3O2S/c1-16(17-9-5-4-6-10-17)26(2)22(28)15-30-24-25-21-14-19-12-8-7-11-18(19)13-20(21)23(29)27(24)3/h4-14,16H,15H2,1-3H3/t16-/m0/s1. The summed E-state index contributed by atoms with van der Waals surface area (Å²) in [5.41, 5.74) is 1.63. The first kappa shape index (κ1) is 20.2. The van der Waals surface area contributed by atoms with E-state index in [0.29, 0.717) is 16.1 Å². The van der Waals surface area contributed by atoms with E-state index < -0.39 is 0 Å². The Morgan fingerprint density at radius 3 is 2.40 bits per heavy atom. The third-order valence-electron chi connectivity index (χ3n) is 5.48. The number of thioether (sulfide) groups is 1. The van der Waals surface area contributed by atoms with E-state index in [-0.39, 0.29) is 23.3 Å². The van der Waals surface area contributed by atoms with Crippen molar-refractivity contribution in [2.45, 2.75) is 18.1 Å². The quantitative estimate of drug-likeness (QED) is 0.274. The fourth-order valence-corrected chi connectivity index (χ4v) is 4.36. The molecule has 1 heterocycles. The van der Waals surface area contributed by atoms with Crippen molar-refractivity contribution in [3.8, 4) is 0 Å². The highest BCUT2D eigenvalue weighted by atomic mass is 32.2. The Bertz CT molecular complexity index is 1280. The Kier molecular flexibility index (Phi) is 5.59. The molecule has 0 unspecified atom stereocenters. The van der Waals surface area contributed by atoms with Crippen LogP contribution >= 0.6 is 11.8 Å². The molecule has 0 saturated carbocycles. The number of amides is 1. The predicted octanol–water partition coefficient (Wildman–Crippen LogP) is 4.40. The van der Waals surface area contributed by atoms with Crippen molar-refractivity contribution in [3.05, 3.63) is 82.6 Å². The van der Waals surface area contributed by atoms with Crippen LogP contribution in [0, 0.1) is 0 Å². The van der Waals surface area contributed by atoms with Gasteiger partial charge in [-0.15, -0.1) is 0 Å². The molecule has 30 heavy (non-hydrogen) atoms. The van der Waals surface area contributed by atoms with Crippen LogP contribution in [0.4, 0.5) is 0 Å². The zero-order valence-electron chi connectivity index (χ0n) is 17.2. The molecule has 0 saturated heterocycles. The van der Waals surface area contributed by atoms with E-state index in [4.69, 9.17) is 0 Å². The second kappa shape index (κ2) is 8.32. The minimum Gasteiger partial charge on any atom is -0.338 e. The molecule has 0 fully saturated rings. The first-order chi connectivity index (χ1) is 14.5. The van der Waals surface area contributed by atoms with Gasteiger partial charge in [0.1, 0.15) is 0 Å². The number of carbonyl (C=O) groups excluding carboxylic acids is 1. The van der Waals surface area contributed by atoms with Gasteiger partial charge in [-0.1, -0.05) is 66.4 Å². The number of hydrogen-bond acceptors (Lipinski definition) is 4. The van der Waals surface area contributed by atoms with Gasteiger partial charge in [0.2, 0.25) is 5.91 Å². The Labute approximate surface area is 179 Å². The van der Waals surface area contributed by atoms with Crippen LogP contribution in [0.15, 0.2) is 76.7 Å². The molecule has 5 nitrogen and oxygen atoms in total. The molecular formula is C24H23N3O2S. The third-order valence-corrected chi connectivity index (χ3v) is 6.50. The highest BCUT2D eigenvalue weighted by Crippen LogP contribution is 2.24. The molecule has 0 spiro atoms. The van der Waals surface area contributed by atoms with Gasteiger partial charge in [-0.2, -0.15) is 0 Å². The summed E-state index contributed by atoms with van der Waals surface area (Å²) in [7, 11) is 3.51. The Hall–Kier alpha value is -3.12. The maximum Gasteiger partial charge on any atom is 0.261 e. The van der Waals surface area contributed by atoms with E-state index in [9.17, 15) is 9.59 Å². The second-order valence-electron chi connectivity index (χ2n) is 7.36. The Balaban J connectivity index is 1.57. The SMILES string of the molecule is C[C@@H](c1ccccc1)N(C)C(=O)CSc1nc2cc3ccccc3cc2c(=O)n1C. The van der Waals surface area contributed by atoms with Gasteiger partial charge in [0.15, 0.2) is 5.16 Å². The van der Waals surface area contributed by atoms with Crippen molar-refractivity contribution in [1.82, 2.24) is 14.5 Å². The zero-order valence-corrected chi connectivity index (χ0v) is 18.0. The molecule has 0 radical (unpaired) electrons. The van der Waals surface area contributed by atoms with Crippen molar-refractivity contribution >= 4 is 39.3 Å². The minimum absolute atomic E-state index is 0.00999. The molecule has 6 heteroatoms. The van der Waals surface area contributed by atoms with Crippen molar-refractivity contribution in [3.63, 3.8) is 0 Å². The average molecular weight is 418 g/mol. The van der Waals surface area contributed by atoms with Gasteiger partial charge in [0.05, 0.1) is 22.7 Å². The maximum absolute atomic E-state index is 12.9. The van der Waals surface area contributed by atoms with Crippen LogP contribution < -0.4 is 5.56 Å². The van der Waals surface area contributed by atoms with Crippen LogP contribution in [0.25, 0.3) is 21.7 Å². The van der Waals surface area contributed by atoms with E-state index in [2.05, 4.69) is 4.98 Å². The fourth-order valence-electron chi connectivity index (χ4n) is 3.47. The highest BCUT2D eigenvalue weighted by Gasteiger charge is 2.19. The van der Waals surface area contributed by atoms with E-state index in [1.165, 1.54) is 16.3 Å². The Morgan fingerprint density at radius 2 is 1.70 bits per heavy atom. The average Bonchev–Trinajstić information content (AvgIpc) is 2.78. The largest absolute Gasteiger partial charge is 0.338 e. The normalized spacial score (nSPS) is 12.2. The molecule has 0 aliphatic carbocycles. The molecule has 1 atom stereocenters. The summed E-state index contributed by atoms with van der Waals surface area (Å²) in [5.74, 6) is 0.205. The number of fused-ring (bicyclic) bond motifs is 2. The van der Waals surface area contributed by atoms with Crippen LogP contribution in [0.1, 0.15) is 18.5 Å². The van der Waals surface area contributed by atoms with E-state index in [1.54, 1.807) is 19.0 Å². The van der Waals surface area contributed by atoms with Crippen molar-refractivity contribution < 1.29 is 4.79 Å². The first-order valence-corrected chi connectivity index (χ1v) is 10.8. The van der Waals surface area contributed by atoms with Crippen LogP contribution in [0.5, 0.6) is 0 Å². The van der Waals surface area contributed by atoms with Crippen molar-refractivity contribution in [2.75, 3.05) is 12.8 Å². The lowest BCUT2D eigenvalue weighted by Crippen LogP contribution is -2.31. The van der Waals surface area contributed by atoms with Crippen LogP contribution in [0.2, 0.25) is 0 Å². The summed E-state index contributed by atoms with van der Waals surface area (Å²) in [4.78, 5) is 32.0. The third kappa shape index (κ3) is 3.83. The molecule has 1 aromatic heterocycles. The van der Waals surface area contributed by atoms with E-state index in [1.807, 2.05) is 73.7 Å². The lowest BCUT2D eigenvalue weighted by molar-refractivity contribution is -0.128. The maximum atomic E-state index is 12.9. The number of nitrogens with zero attached hydrogens (tertiary/aromatic N) is 3. The van der Waals surface area contributed by atoms with Gasteiger partial charge >= 0.3 is 0 Å². The second-order valence-corrected chi connectivity index (χ2v) is 8.30. The van der Waals surface area contributed by atoms with Gasteiger partial charge in [0.25, 0.3) is 5.56 Å². The first-order valence-electron chi connectivity index (χ1n) is 9.78. The van der Waals surface area contributed by atoms with Gasteiger partial charge in [-0.05, 0) is 35.4 Å². The Morgan fingerprint density at radius 1 is 1.07 bits per heavy atom. The number of rotatable bonds is 5. The molecular weight excluding hydrogens is 394 g/mol. The molecule has 0 aliphatic heterocycles. The predicted molar refractivity (Wildman–Crippen MR) is 123 cm³/mol. The minimum atomic E-state index is -0.105. The summed E-state index contributed by atoms with van der Waals surface area (Å²) in [6, 6.07) is 21.6. The molecule has 0 N–H and O–H groups in total. The van der Waals surface area contributed by atoms with Gasteiger partial charge in [0, 0.05) is 14.1 Å². The number of benzene rings is 3. The number of aromatic nitrogens is 2. The smallest absolute Gasteiger partial charge is 0.261 e. The lowest BCUT2D eigenvalue weighted by Gasteiger charge is -2.25. The van der Waals surface area contributed by atoms with E-state index >= 15 is 0 Å². The molecule has 3 aromatic carbocycles. The summed E-state index contributed by atoms with van der Waals surface area (Å²) < 4.78 is 1.52. The zero-order chi connectivity index (χ0) is 21.3. The van der Waals surface area contributed by atoms with Crippen LogP contribution in [-0.2, 0) is 11.8 Å². The van der Waals surface area contributed by atoms with Gasteiger partial charge in [-0.25, -0.2) is 4.98 Å². The topological polar surface area (TPSA) is 55.2 Å². The monoisotopic (exact) mass is 417 g/mol. The van der Waals surface area contributed by atoms with Crippen molar-refractivity contribution in [2.24, 2.45) is 7.05 Å². The van der Waals surface area contributed by atoms with Crippen LogP contribution in [-0.4, -0.2) is 33.2 Å². The summed E-state index contributed by atoms with van der Waals surface area (Å²) in [6.45, 7) is 2.01. The van der Waals surface area contributed by atoms with Crippen molar-refractivity contribution in [1.29, 1.82) is 0 Å². The van der Waals surface area contributed by atoms with E-state index in [0.717, 1.165) is 16.3 Å². The summed E-state index contributed by atoms with van der Waals surface area (Å²) in [5, 5.41) is 3.17. The number of carbonyl (C=O) groups is 1.